The molecule has 0 aliphatic heterocycles. The SMILES string of the molecule is Cc1nn(CCCNC(=O)c2cc3nc(-c4ccc(Cl)cc4)cc(C(F)(F)F)n3n2)c(Cl)c1Cl. The van der Waals surface area contributed by atoms with Gasteiger partial charge in [0.25, 0.3) is 5.91 Å². The van der Waals surface area contributed by atoms with Gasteiger partial charge < -0.3 is 5.32 Å². The number of hydrogen-bond acceptors (Lipinski definition) is 4. The van der Waals surface area contributed by atoms with E-state index in [4.69, 9.17) is 34.8 Å². The summed E-state index contributed by atoms with van der Waals surface area (Å²) in [7, 11) is 0. The van der Waals surface area contributed by atoms with Gasteiger partial charge in [-0.1, -0.05) is 46.9 Å². The molecule has 4 aromatic rings. The maximum atomic E-state index is 13.7. The van der Waals surface area contributed by atoms with E-state index in [0.717, 1.165) is 6.07 Å². The average molecular weight is 532 g/mol. The van der Waals surface area contributed by atoms with Gasteiger partial charge in [0.05, 0.1) is 11.4 Å². The third-order valence-electron chi connectivity index (χ3n) is 4.92. The number of amides is 1. The van der Waals surface area contributed by atoms with Gasteiger partial charge in [-0.15, -0.1) is 0 Å². The summed E-state index contributed by atoms with van der Waals surface area (Å²) in [5, 5.41) is 11.8. The molecule has 13 heteroatoms. The molecule has 7 nitrogen and oxygen atoms in total. The fourth-order valence-electron chi connectivity index (χ4n) is 3.26. The molecule has 0 aliphatic carbocycles. The lowest BCUT2D eigenvalue weighted by Crippen LogP contribution is -2.26. The number of fused-ring (bicyclic) bond motifs is 1. The molecule has 1 amide bonds. The molecule has 0 bridgehead atoms. The van der Waals surface area contributed by atoms with Gasteiger partial charge in [-0.2, -0.15) is 23.4 Å². The van der Waals surface area contributed by atoms with Crippen molar-refractivity contribution >= 4 is 46.4 Å². The van der Waals surface area contributed by atoms with E-state index in [0.29, 0.717) is 43.9 Å². The van der Waals surface area contributed by atoms with Crippen LogP contribution in [0.1, 0.15) is 28.3 Å². The fraction of sp³-hybridized carbons (Fsp3) is 0.238. The average Bonchev–Trinajstić information content (AvgIpc) is 3.32. The van der Waals surface area contributed by atoms with Crippen LogP contribution < -0.4 is 5.32 Å². The number of nitrogens with zero attached hydrogens (tertiary/aromatic N) is 5. The Morgan fingerprint density at radius 1 is 1.09 bits per heavy atom. The number of aryl methyl sites for hydroxylation is 2. The molecule has 0 radical (unpaired) electrons. The Morgan fingerprint density at radius 3 is 2.41 bits per heavy atom. The van der Waals surface area contributed by atoms with Gasteiger partial charge in [-0.05, 0) is 31.5 Å². The van der Waals surface area contributed by atoms with Gasteiger partial charge in [0.2, 0.25) is 0 Å². The summed E-state index contributed by atoms with van der Waals surface area (Å²) in [5.41, 5.74) is -0.250. The molecule has 0 atom stereocenters. The van der Waals surface area contributed by atoms with Crippen molar-refractivity contribution in [1.82, 2.24) is 29.7 Å². The molecule has 3 aromatic heterocycles. The number of rotatable bonds is 6. The number of carbonyl (C=O) groups excluding carboxylic acids is 1. The van der Waals surface area contributed by atoms with Gasteiger partial charge in [0.15, 0.2) is 17.0 Å². The van der Waals surface area contributed by atoms with E-state index in [2.05, 4.69) is 20.5 Å². The van der Waals surface area contributed by atoms with Crippen LogP contribution in [0.25, 0.3) is 16.9 Å². The van der Waals surface area contributed by atoms with Crippen LogP contribution >= 0.6 is 34.8 Å². The molecule has 0 aliphatic rings. The largest absolute Gasteiger partial charge is 0.433 e. The number of halogens is 6. The first kappa shape index (κ1) is 24.3. The summed E-state index contributed by atoms with van der Waals surface area (Å²) in [4.78, 5) is 16.8. The van der Waals surface area contributed by atoms with E-state index in [1.807, 2.05) is 0 Å². The maximum absolute atomic E-state index is 13.7. The lowest BCUT2D eigenvalue weighted by molar-refractivity contribution is -0.142. The molecule has 3 heterocycles. The van der Waals surface area contributed by atoms with Crippen LogP contribution in [-0.2, 0) is 12.7 Å². The Labute approximate surface area is 206 Å². The second-order valence-corrected chi connectivity index (χ2v) is 8.53. The van der Waals surface area contributed by atoms with Crippen LogP contribution in [0, 0.1) is 6.92 Å². The third-order valence-corrected chi connectivity index (χ3v) is 6.10. The zero-order valence-corrected chi connectivity index (χ0v) is 19.8. The van der Waals surface area contributed by atoms with E-state index in [9.17, 15) is 18.0 Å². The molecular weight excluding hydrogens is 516 g/mol. The Hall–Kier alpha value is -2.82. The van der Waals surface area contributed by atoms with E-state index in [1.165, 1.54) is 10.7 Å². The summed E-state index contributed by atoms with van der Waals surface area (Å²) < 4.78 is 43.3. The lowest BCUT2D eigenvalue weighted by Gasteiger charge is -2.11. The van der Waals surface area contributed by atoms with Crippen molar-refractivity contribution < 1.29 is 18.0 Å². The van der Waals surface area contributed by atoms with Gasteiger partial charge >= 0.3 is 6.18 Å². The number of alkyl halides is 3. The minimum Gasteiger partial charge on any atom is -0.351 e. The number of carbonyl (C=O) groups is 1. The molecule has 0 unspecified atom stereocenters. The third kappa shape index (κ3) is 4.98. The first-order valence-electron chi connectivity index (χ1n) is 9.95. The zero-order chi connectivity index (χ0) is 24.6. The predicted molar refractivity (Wildman–Crippen MR) is 122 cm³/mol. The van der Waals surface area contributed by atoms with Gasteiger partial charge in [-0.3, -0.25) is 9.48 Å². The van der Waals surface area contributed by atoms with Crippen LogP contribution in [-0.4, -0.2) is 36.8 Å². The first-order valence-corrected chi connectivity index (χ1v) is 11.1. The fourth-order valence-corrected chi connectivity index (χ4v) is 3.78. The highest BCUT2D eigenvalue weighted by Crippen LogP contribution is 2.32. The standard InChI is InChI=1S/C21H16Cl3F3N6O/c1-11-18(23)19(24)32(30-11)8-2-7-28-20(34)15-10-17-29-14(12-3-5-13(22)6-4-12)9-16(21(25,26)27)33(17)31-15/h3-6,9-10H,2,7-8H2,1H3,(H,28,34). The highest BCUT2D eigenvalue weighted by Gasteiger charge is 2.35. The van der Waals surface area contributed by atoms with E-state index < -0.39 is 17.8 Å². The van der Waals surface area contributed by atoms with E-state index >= 15 is 0 Å². The number of hydrogen-bond donors (Lipinski definition) is 1. The predicted octanol–water partition coefficient (Wildman–Crippen LogP) is 5.70. The molecule has 0 saturated carbocycles. The van der Waals surface area contributed by atoms with Crippen molar-refractivity contribution in [2.75, 3.05) is 6.54 Å². The molecule has 1 aromatic carbocycles. The van der Waals surface area contributed by atoms with Crippen molar-refractivity contribution in [2.45, 2.75) is 26.1 Å². The number of aromatic nitrogens is 5. The van der Waals surface area contributed by atoms with Crippen LogP contribution in [0.5, 0.6) is 0 Å². The summed E-state index contributed by atoms with van der Waals surface area (Å²) in [5.74, 6) is -0.632. The quantitative estimate of drug-likeness (QED) is 0.324. The van der Waals surface area contributed by atoms with Crippen LogP contribution in [0.3, 0.4) is 0 Å². The van der Waals surface area contributed by atoms with Crippen LogP contribution in [0.4, 0.5) is 13.2 Å². The summed E-state index contributed by atoms with van der Waals surface area (Å²) >= 11 is 17.9. The van der Waals surface area contributed by atoms with Crippen molar-refractivity contribution in [2.24, 2.45) is 0 Å². The van der Waals surface area contributed by atoms with Crippen molar-refractivity contribution in [1.29, 1.82) is 0 Å². The molecule has 178 valence electrons. The summed E-state index contributed by atoms with van der Waals surface area (Å²) in [6, 6.07) is 8.31. The highest BCUT2D eigenvalue weighted by atomic mass is 35.5. The Balaban J connectivity index is 1.54. The topological polar surface area (TPSA) is 77.1 Å². The van der Waals surface area contributed by atoms with Crippen molar-refractivity contribution in [3.8, 4) is 11.3 Å². The van der Waals surface area contributed by atoms with Crippen molar-refractivity contribution in [3.63, 3.8) is 0 Å². The van der Waals surface area contributed by atoms with Crippen molar-refractivity contribution in [3.05, 3.63) is 68.7 Å². The van der Waals surface area contributed by atoms with Gasteiger partial charge in [0, 0.05) is 29.7 Å². The number of benzene rings is 1. The second-order valence-electron chi connectivity index (χ2n) is 7.35. The monoisotopic (exact) mass is 530 g/mol. The highest BCUT2D eigenvalue weighted by molar-refractivity contribution is 6.41. The smallest absolute Gasteiger partial charge is 0.351 e. The molecule has 1 N–H and O–H groups in total. The molecule has 0 saturated heterocycles. The Morgan fingerprint density at radius 2 is 1.79 bits per heavy atom. The minimum atomic E-state index is -4.72. The van der Waals surface area contributed by atoms with Crippen LogP contribution in [0.15, 0.2) is 36.4 Å². The normalized spacial score (nSPS) is 11.9. The molecule has 34 heavy (non-hydrogen) atoms. The van der Waals surface area contributed by atoms with E-state index in [-0.39, 0.29) is 23.6 Å². The lowest BCUT2D eigenvalue weighted by atomic mass is 10.1. The van der Waals surface area contributed by atoms with E-state index in [1.54, 1.807) is 31.2 Å². The van der Waals surface area contributed by atoms with Crippen LogP contribution in [0.2, 0.25) is 15.2 Å². The molecule has 0 spiro atoms. The minimum absolute atomic E-state index is 0.0772. The Bertz CT molecular complexity index is 1370. The summed E-state index contributed by atoms with van der Waals surface area (Å²) in [6.07, 6.45) is -4.26. The zero-order valence-electron chi connectivity index (χ0n) is 17.5. The molecular formula is C21H16Cl3F3N6O. The molecule has 0 fully saturated rings. The number of nitrogens with one attached hydrogen (secondary N) is 1. The Kier molecular flexibility index (Phi) is 6.75. The molecule has 4 rings (SSSR count). The summed E-state index contributed by atoms with van der Waals surface area (Å²) in [6.45, 7) is 2.33. The van der Waals surface area contributed by atoms with Gasteiger partial charge in [-0.25, -0.2) is 9.50 Å². The second kappa shape index (κ2) is 9.44. The maximum Gasteiger partial charge on any atom is 0.433 e. The first-order chi connectivity index (χ1) is 16.0. The van der Waals surface area contributed by atoms with Gasteiger partial charge in [0.1, 0.15) is 10.2 Å².